The molecule has 0 radical (unpaired) electrons. The van der Waals surface area contributed by atoms with Gasteiger partial charge in [-0.2, -0.15) is 15.0 Å². The van der Waals surface area contributed by atoms with Crippen molar-refractivity contribution in [2.45, 2.75) is 31.8 Å². The van der Waals surface area contributed by atoms with Gasteiger partial charge in [-0.1, -0.05) is 21.4 Å². The summed E-state index contributed by atoms with van der Waals surface area (Å²) in [5.74, 6) is -0.234. The number of nitrogens with zero attached hydrogens (tertiary/aromatic N) is 4. The summed E-state index contributed by atoms with van der Waals surface area (Å²) in [4.78, 5) is 15.2. The van der Waals surface area contributed by atoms with Crippen molar-refractivity contribution in [1.82, 2.24) is 15.0 Å². The molecule has 0 saturated heterocycles. The Morgan fingerprint density at radius 3 is 2.56 bits per heavy atom. The van der Waals surface area contributed by atoms with Crippen molar-refractivity contribution in [3.05, 3.63) is 24.3 Å². The van der Waals surface area contributed by atoms with E-state index in [0.29, 0.717) is 11.9 Å². The number of ether oxygens (including phenoxy) is 1. The molecule has 148 valence electrons. The topological polar surface area (TPSA) is 63.2 Å². The second-order valence-corrected chi connectivity index (χ2v) is 8.93. The molecule has 2 aromatic rings. The van der Waals surface area contributed by atoms with E-state index >= 15 is 0 Å². The predicted molar refractivity (Wildman–Crippen MR) is 121 cm³/mol. The average molecular weight is 429 g/mol. The lowest BCUT2D eigenvalue weighted by Gasteiger charge is -2.25. The highest BCUT2D eigenvalue weighted by Crippen LogP contribution is 2.30. The lowest BCUT2D eigenvalue weighted by atomic mass is 10.2. The molecule has 1 aromatic heterocycles. The zero-order chi connectivity index (χ0) is 20.0. The molecule has 0 saturated carbocycles. The summed E-state index contributed by atoms with van der Waals surface area (Å²) in [7, 11) is 7.28. The Labute approximate surface area is 167 Å². The highest BCUT2D eigenvalue weighted by Gasteiger charge is 2.28. The lowest BCUT2D eigenvalue weighted by Crippen LogP contribution is -2.33. The van der Waals surface area contributed by atoms with Crippen LogP contribution >= 0.6 is 27.7 Å². The molecule has 0 bridgehead atoms. The number of anilines is 3. The second kappa shape index (κ2) is 9.87. The van der Waals surface area contributed by atoms with Gasteiger partial charge in [0.1, 0.15) is 12.5 Å². The minimum Gasteiger partial charge on any atom is -0.462 e. The van der Waals surface area contributed by atoms with E-state index in [9.17, 15) is 4.39 Å². The fraction of sp³-hybridized carbons (Fsp3) is 0.471. The van der Waals surface area contributed by atoms with Gasteiger partial charge >= 0.3 is 6.01 Å². The summed E-state index contributed by atoms with van der Waals surface area (Å²) in [6, 6.07) is 7.98. The highest BCUT2D eigenvalue weighted by atomic mass is 31.0. The van der Waals surface area contributed by atoms with Crippen LogP contribution < -0.4 is 20.3 Å². The molecule has 0 aliphatic carbocycles. The summed E-state index contributed by atoms with van der Waals surface area (Å²) in [5, 5.41) is 3.47. The maximum absolute atomic E-state index is 13.7. The molecule has 0 aliphatic rings. The van der Waals surface area contributed by atoms with E-state index in [4.69, 9.17) is 4.74 Å². The fourth-order valence-corrected chi connectivity index (χ4v) is 2.63. The number of aromatic nitrogens is 3. The van der Waals surface area contributed by atoms with Gasteiger partial charge in [0.25, 0.3) is 0 Å². The summed E-state index contributed by atoms with van der Waals surface area (Å²) >= 11 is 0. The summed E-state index contributed by atoms with van der Waals surface area (Å²) in [6.45, 7) is 7.43. The standard InChI is InChI=1S/C17H27FN5OP3/c1-4-23(5-2)15-20-14(19-11-7-6-8-12(25)9-11)21-16(22-15)24-10-17(3,27)13(18)26/h6-9,13H,4-5,10,25-27H2,1-3H3,(H,19,20,21,22). The first-order valence-electron chi connectivity index (χ1n) is 8.70. The van der Waals surface area contributed by atoms with Crippen LogP contribution in [0.5, 0.6) is 6.01 Å². The number of nitrogens with one attached hydrogen (secondary N) is 1. The van der Waals surface area contributed by atoms with Crippen molar-refractivity contribution >= 4 is 50.6 Å². The molecule has 0 aliphatic heterocycles. The Kier molecular flexibility index (Phi) is 8.09. The molecular formula is C17H27FN5OP3. The zero-order valence-electron chi connectivity index (χ0n) is 15.8. The van der Waals surface area contributed by atoms with Gasteiger partial charge in [-0.25, -0.2) is 4.39 Å². The van der Waals surface area contributed by atoms with E-state index in [1.165, 1.54) is 0 Å². The number of benzene rings is 1. The second-order valence-electron chi connectivity index (χ2n) is 6.36. The first-order chi connectivity index (χ1) is 12.7. The molecular weight excluding hydrogens is 402 g/mol. The third-order valence-corrected chi connectivity index (χ3v) is 5.93. The van der Waals surface area contributed by atoms with Gasteiger partial charge in [-0.15, -0.1) is 18.5 Å². The van der Waals surface area contributed by atoms with Crippen molar-refractivity contribution in [3.63, 3.8) is 0 Å². The summed E-state index contributed by atoms with van der Waals surface area (Å²) in [5.41, 5.74) is 0.856. The van der Waals surface area contributed by atoms with Crippen molar-refractivity contribution < 1.29 is 9.13 Å². The van der Waals surface area contributed by atoms with Gasteiger partial charge < -0.3 is 15.0 Å². The highest BCUT2D eigenvalue weighted by molar-refractivity contribution is 7.27. The first-order valence-corrected chi connectivity index (χ1v) is 10.5. The van der Waals surface area contributed by atoms with Crippen LogP contribution in [0.3, 0.4) is 0 Å². The van der Waals surface area contributed by atoms with Crippen LogP contribution in [0.2, 0.25) is 0 Å². The van der Waals surface area contributed by atoms with E-state index in [1.807, 2.05) is 43.0 Å². The Hall–Kier alpha value is -1.15. The molecule has 0 amide bonds. The van der Waals surface area contributed by atoms with Gasteiger partial charge in [0.05, 0.1) is 5.16 Å². The average Bonchev–Trinajstić information content (AvgIpc) is 2.61. The number of hydrogen-bond donors (Lipinski definition) is 1. The third-order valence-electron chi connectivity index (χ3n) is 3.93. The van der Waals surface area contributed by atoms with Crippen LogP contribution in [0.15, 0.2) is 24.3 Å². The minimum atomic E-state index is -1.13. The predicted octanol–water partition coefficient (Wildman–Crippen LogP) is 3.15. The van der Waals surface area contributed by atoms with Crippen LogP contribution in [0.1, 0.15) is 20.8 Å². The molecule has 1 N–H and O–H groups in total. The summed E-state index contributed by atoms with van der Waals surface area (Å²) in [6.07, 6.45) is 0. The fourth-order valence-electron chi connectivity index (χ4n) is 2.16. The Balaban J connectivity index is 2.30. The Bertz CT molecular complexity index is 759. The number of rotatable bonds is 9. The molecule has 6 nitrogen and oxygen atoms in total. The van der Waals surface area contributed by atoms with E-state index < -0.39 is 11.1 Å². The maximum Gasteiger partial charge on any atom is 0.323 e. The molecule has 0 fully saturated rings. The van der Waals surface area contributed by atoms with E-state index in [0.717, 1.165) is 24.1 Å². The van der Waals surface area contributed by atoms with Gasteiger partial charge in [0, 0.05) is 18.8 Å². The maximum atomic E-state index is 13.7. The molecule has 0 spiro atoms. The van der Waals surface area contributed by atoms with Crippen molar-refractivity contribution in [2.24, 2.45) is 0 Å². The van der Waals surface area contributed by atoms with Crippen molar-refractivity contribution in [1.29, 1.82) is 0 Å². The van der Waals surface area contributed by atoms with Crippen molar-refractivity contribution in [3.8, 4) is 6.01 Å². The molecule has 27 heavy (non-hydrogen) atoms. The number of hydrogen-bond acceptors (Lipinski definition) is 6. The summed E-state index contributed by atoms with van der Waals surface area (Å²) < 4.78 is 19.4. The molecule has 2 rings (SSSR count). The largest absolute Gasteiger partial charge is 0.462 e. The van der Waals surface area contributed by atoms with E-state index in [-0.39, 0.29) is 12.6 Å². The molecule has 1 heterocycles. The smallest absolute Gasteiger partial charge is 0.323 e. The number of alkyl halides is 1. The van der Waals surface area contributed by atoms with E-state index in [1.54, 1.807) is 6.92 Å². The zero-order valence-corrected chi connectivity index (χ0v) is 19.3. The van der Waals surface area contributed by atoms with Crippen LogP contribution in [-0.4, -0.2) is 45.7 Å². The van der Waals surface area contributed by atoms with Gasteiger partial charge in [0.15, 0.2) is 0 Å². The van der Waals surface area contributed by atoms with Crippen LogP contribution in [0, 0.1) is 0 Å². The van der Waals surface area contributed by atoms with Gasteiger partial charge in [-0.3, -0.25) is 0 Å². The van der Waals surface area contributed by atoms with E-state index in [2.05, 4.69) is 48.0 Å². The Morgan fingerprint density at radius 2 is 1.96 bits per heavy atom. The monoisotopic (exact) mass is 429 g/mol. The van der Waals surface area contributed by atoms with Crippen LogP contribution in [-0.2, 0) is 0 Å². The molecule has 5 unspecified atom stereocenters. The Morgan fingerprint density at radius 1 is 1.26 bits per heavy atom. The van der Waals surface area contributed by atoms with Gasteiger partial charge in [-0.05, 0) is 38.2 Å². The minimum absolute atomic E-state index is 0.116. The number of halogens is 1. The third kappa shape index (κ3) is 6.45. The van der Waals surface area contributed by atoms with Crippen molar-refractivity contribution in [2.75, 3.05) is 29.9 Å². The lowest BCUT2D eigenvalue weighted by molar-refractivity contribution is 0.222. The normalized spacial score (nSPS) is 14.3. The quantitative estimate of drug-likeness (QED) is 0.618. The SMILES string of the molecule is CCN(CC)c1nc(Nc2cccc(P)c2)nc(OCC(C)(P)C(F)P)n1. The van der Waals surface area contributed by atoms with Crippen LogP contribution in [0.25, 0.3) is 0 Å². The van der Waals surface area contributed by atoms with Gasteiger partial charge in [0.2, 0.25) is 11.9 Å². The molecule has 5 atom stereocenters. The molecule has 10 heteroatoms. The van der Waals surface area contributed by atoms with Crippen LogP contribution in [0.4, 0.5) is 22.0 Å². The molecule has 1 aromatic carbocycles. The first kappa shape index (κ1) is 22.1.